The van der Waals surface area contributed by atoms with Crippen LogP contribution < -0.4 is 14.8 Å². The van der Waals surface area contributed by atoms with E-state index >= 15 is 0 Å². The van der Waals surface area contributed by atoms with Gasteiger partial charge in [0.15, 0.2) is 17.2 Å². The Morgan fingerprint density at radius 1 is 1.09 bits per heavy atom. The summed E-state index contributed by atoms with van der Waals surface area (Å²) in [5.74, 6) is 1.78. The average Bonchev–Trinajstić information content (AvgIpc) is 3.59. The van der Waals surface area contributed by atoms with Crippen molar-refractivity contribution in [3.05, 3.63) is 65.8 Å². The number of imidazole rings is 1. The number of hydrogen-bond acceptors (Lipinski definition) is 7. The van der Waals surface area contributed by atoms with Crippen molar-refractivity contribution < 1.29 is 14.3 Å². The van der Waals surface area contributed by atoms with Gasteiger partial charge in [-0.15, -0.1) is 16.4 Å². The number of aromatic nitrogens is 5. The summed E-state index contributed by atoms with van der Waals surface area (Å²) in [7, 11) is 0. The molecule has 0 aliphatic carbocycles. The Morgan fingerprint density at radius 2 is 2.00 bits per heavy atom. The van der Waals surface area contributed by atoms with Crippen molar-refractivity contribution in [2.24, 2.45) is 0 Å². The monoisotopic (exact) mass is 444 g/mol. The number of fused-ring (bicyclic) bond motifs is 2. The summed E-state index contributed by atoms with van der Waals surface area (Å²) in [6.07, 6.45) is 1.57. The molecule has 0 unspecified atom stereocenters. The molecular formula is C22H16N6O3S. The zero-order chi connectivity index (χ0) is 21.5. The summed E-state index contributed by atoms with van der Waals surface area (Å²) < 4.78 is 12.7. The summed E-state index contributed by atoms with van der Waals surface area (Å²) in [5.41, 5.74) is 3.23. The number of carbonyl (C=O) groups excluding carboxylic acids is 1. The van der Waals surface area contributed by atoms with Gasteiger partial charge in [0.25, 0.3) is 5.91 Å². The molecule has 0 saturated carbocycles. The molecule has 9 nitrogen and oxygen atoms in total. The third-order valence-electron chi connectivity index (χ3n) is 5.01. The van der Waals surface area contributed by atoms with Crippen LogP contribution in [0.1, 0.15) is 10.5 Å². The van der Waals surface area contributed by atoms with E-state index in [0.29, 0.717) is 30.4 Å². The van der Waals surface area contributed by atoms with Gasteiger partial charge in [-0.2, -0.15) is 0 Å². The molecule has 2 N–H and O–H groups in total. The lowest BCUT2D eigenvalue weighted by Crippen LogP contribution is -2.15. The predicted molar refractivity (Wildman–Crippen MR) is 120 cm³/mol. The number of benzene rings is 2. The van der Waals surface area contributed by atoms with Crippen LogP contribution in [0.5, 0.6) is 11.5 Å². The van der Waals surface area contributed by atoms with Crippen LogP contribution >= 0.6 is 11.3 Å². The molecule has 5 aromatic rings. The molecule has 0 atom stereocenters. The van der Waals surface area contributed by atoms with Crippen LogP contribution in [0.25, 0.3) is 27.4 Å². The first kappa shape index (κ1) is 18.6. The highest BCUT2D eigenvalue weighted by Crippen LogP contribution is 2.32. The van der Waals surface area contributed by atoms with Gasteiger partial charge in [0.05, 0.1) is 27.8 Å². The molecule has 0 saturated heterocycles. The Labute approximate surface area is 185 Å². The molecule has 0 fully saturated rings. The number of carbonyl (C=O) groups is 1. The minimum Gasteiger partial charge on any atom is -0.486 e. The molecule has 0 spiro atoms. The van der Waals surface area contributed by atoms with Crippen molar-refractivity contribution >= 4 is 34.0 Å². The standard InChI is InChI=1S/C22H16N6O3S/c29-22(17-12-28(27-26-17)14-4-6-18-19(11-14)31-8-7-30-18)23-13-3-5-15-16(10-13)25-21(24-15)20-2-1-9-32-20/h1-6,9-12H,7-8H2,(H,23,29)(H,24,25). The predicted octanol–water partition coefficient (Wildman–Crippen LogP) is 3.90. The van der Waals surface area contributed by atoms with Gasteiger partial charge in [0.1, 0.15) is 19.0 Å². The Morgan fingerprint density at radius 3 is 2.88 bits per heavy atom. The molecule has 3 aromatic heterocycles. The fourth-order valence-corrected chi connectivity index (χ4v) is 4.15. The van der Waals surface area contributed by atoms with E-state index in [0.717, 1.165) is 27.4 Å². The molecule has 1 aliphatic rings. The lowest BCUT2D eigenvalue weighted by Gasteiger charge is -2.18. The molecule has 0 bridgehead atoms. The lowest BCUT2D eigenvalue weighted by atomic mass is 10.2. The zero-order valence-corrected chi connectivity index (χ0v) is 17.4. The van der Waals surface area contributed by atoms with Crippen molar-refractivity contribution in [2.45, 2.75) is 0 Å². The van der Waals surface area contributed by atoms with E-state index in [2.05, 4.69) is 25.6 Å². The van der Waals surface area contributed by atoms with Gasteiger partial charge in [0, 0.05) is 11.8 Å². The van der Waals surface area contributed by atoms with Gasteiger partial charge in [-0.1, -0.05) is 11.3 Å². The zero-order valence-electron chi connectivity index (χ0n) is 16.6. The molecule has 4 heterocycles. The van der Waals surface area contributed by atoms with Gasteiger partial charge < -0.3 is 19.8 Å². The maximum Gasteiger partial charge on any atom is 0.277 e. The highest BCUT2D eigenvalue weighted by atomic mass is 32.1. The van der Waals surface area contributed by atoms with Crippen molar-refractivity contribution in [3.63, 3.8) is 0 Å². The molecule has 2 aromatic carbocycles. The quantitative estimate of drug-likeness (QED) is 0.435. The van der Waals surface area contributed by atoms with Gasteiger partial charge >= 0.3 is 0 Å². The summed E-state index contributed by atoms with van der Waals surface area (Å²) in [4.78, 5) is 21.7. The highest BCUT2D eigenvalue weighted by Gasteiger charge is 2.16. The van der Waals surface area contributed by atoms with Crippen LogP contribution in [0.4, 0.5) is 5.69 Å². The van der Waals surface area contributed by atoms with Gasteiger partial charge in [-0.05, 0) is 41.8 Å². The van der Waals surface area contributed by atoms with E-state index in [-0.39, 0.29) is 11.6 Å². The lowest BCUT2D eigenvalue weighted by molar-refractivity contribution is 0.102. The molecule has 32 heavy (non-hydrogen) atoms. The van der Waals surface area contributed by atoms with Gasteiger partial charge in [-0.25, -0.2) is 9.67 Å². The maximum absolute atomic E-state index is 12.7. The average molecular weight is 444 g/mol. The summed E-state index contributed by atoms with van der Waals surface area (Å²) in [6.45, 7) is 1.02. The molecular weight excluding hydrogens is 428 g/mol. The van der Waals surface area contributed by atoms with Crippen molar-refractivity contribution in [2.75, 3.05) is 18.5 Å². The number of nitrogens with one attached hydrogen (secondary N) is 2. The minimum atomic E-state index is -0.355. The molecule has 1 amide bonds. The number of aromatic amines is 1. The van der Waals surface area contributed by atoms with Crippen molar-refractivity contribution in [1.82, 2.24) is 25.0 Å². The first-order valence-electron chi connectivity index (χ1n) is 9.90. The third kappa shape index (κ3) is 3.36. The summed E-state index contributed by atoms with van der Waals surface area (Å²) in [5, 5.41) is 13.0. The number of thiophene rings is 1. The van der Waals surface area contributed by atoms with Crippen LogP contribution in [0, 0.1) is 0 Å². The van der Waals surface area contributed by atoms with Crippen LogP contribution in [-0.4, -0.2) is 44.1 Å². The fraction of sp³-hybridized carbons (Fsp3) is 0.0909. The first-order chi connectivity index (χ1) is 15.7. The van der Waals surface area contributed by atoms with Gasteiger partial charge in [0.2, 0.25) is 0 Å². The third-order valence-corrected chi connectivity index (χ3v) is 5.89. The fourth-order valence-electron chi connectivity index (χ4n) is 3.48. The summed E-state index contributed by atoms with van der Waals surface area (Å²) >= 11 is 1.62. The Bertz CT molecular complexity index is 1440. The topological polar surface area (TPSA) is 107 Å². The minimum absolute atomic E-state index is 0.198. The SMILES string of the molecule is O=C(Nc1ccc2nc(-c3cccs3)[nH]c2c1)c1cn(-c2ccc3c(c2)OCCO3)nn1. The number of rotatable bonds is 4. The van der Waals surface area contributed by atoms with Crippen molar-refractivity contribution in [1.29, 1.82) is 0 Å². The second-order valence-corrected chi connectivity index (χ2v) is 8.07. The van der Waals surface area contributed by atoms with Gasteiger partial charge in [-0.3, -0.25) is 4.79 Å². The van der Waals surface area contributed by atoms with Crippen LogP contribution in [0.15, 0.2) is 60.1 Å². The van der Waals surface area contributed by atoms with E-state index in [1.54, 1.807) is 17.5 Å². The van der Waals surface area contributed by atoms with Crippen LogP contribution in [0.2, 0.25) is 0 Å². The molecule has 158 valence electrons. The number of hydrogen-bond donors (Lipinski definition) is 2. The summed E-state index contributed by atoms with van der Waals surface area (Å²) in [6, 6.07) is 15.0. The van der Waals surface area contributed by atoms with E-state index in [9.17, 15) is 4.79 Å². The Hall–Kier alpha value is -4.18. The normalized spacial score (nSPS) is 12.8. The molecule has 1 aliphatic heterocycles. The smallest absolute Gasteiger partial charge is 0.277 e. The number of anilines is 1. The maximum atomic E-state index is 12.7. The van der Waals surface area contributed by atoms with E-state index in [1.165, 1.54) is 4.68 Å². The Kier molecular flexibility index (Phi) is 4.36. The number of H-pyrrole nitrogens is 1. The highest BCUT2D eigenvalue weighted by molar-refractivity contribution is 7.13. The largest absolute Gasteiger partial charge is 0.486 e. The van der Waals surface area contributed by atoms with Crippen LogP contribution in [0.3, 0.4) is 0 Å². The molecule has 6 rings (SSSR count). The second kappa shape index (κ2) is 7.50. The number of nitrogens with zero attached hydrogens (tertiary/aromatic N) is 4. The Balaban J connectivity index is 1.22. The number of amides is 1. The van der Waals surface area contributed by atoms with Crippen LogP contribution in [-0.2, 0) is 0 Å². The van der Waals surface area contributed by atoms with Crippen molar-refractivity contribution in [3.8, 4) is 27.9 Å². The number of ether oxygens (including phenoxy) is 2. The van der Waals surface area contributed by atoms with E-state index in [1.807, 2.05) is 53.9 Å². The first-order valence-corrected chi connectivity index (χ1v) is 10.8. The van der Waals surface area contributed by atoms with E-state index < -0.39 is 0 Å². The molecule has 0 radical (unpaired) electrons. The van der Waals surface area contributed by atoms with E-state index in [4.69, 9.17) is 9.47 Å². The second-order valence-electron chi connectivity index (χ2n) is 7.13. The molecule has 10 heteroatoms.